The number of aryl methyl sites for hydroxylation is 1. The number of rotatable bonds is 2. The summed E-state index contributed by atoms with van der Waals surface area (Å²) in [5.74, 6) is 0.0363. The molecule has 136 valence electrons. The second kappa shape index (κ2) is 8.84. The van der Waals surface area contributed by atoms with E-state index in [2.05, 4.69) is 26.2 Å². The fraction of sp³-hybridized carbons (Fsp3) is 0.471. The molecule has 1 aliphatic heterocycles. The van der Waals surface area contributed by atoms with Crippen LogP contribution in [0.1, 0.15) is 31.7 Å². The highest BCUT2D eigenvalue weighted by molar-refractivity contribution is 9.10. The van der Waals surface area contributed by atoms with Crippen LogP contribution >= 0.6 is 15.9 Å². The molecule has 1 fully saturated rings. The van der Waals surface area contributed by atoms with Gasteiger partial charge in [0.05, 0.1) is 0 Å². The molecular formula is C17H25BrN6O. The predicted octanol–water partition coefficient (Wildman–Crippen LogP) is 3.03. The lowest BCUT2D eigenvalue weighted by atomic mass is 10.1. The van der Waals surface area contributed by atoms with Crippen molar-refractivity contribution < 1.29 is 4.79 Å². The molecule has 0 aromatic heterocycles. The van der Waals surface area contributed by atoms with Crippen LogP contribution in [0.25, 0.3) is 0 Å². The topological polar surface area (TPSA) is 97.8 Å². The molecule has 7 nitrogen and oxygen atoms in total. The van der Waals surface area contributed by atoms with Gasteiger partial charge in [-0.1, -0.05) is 15.9 Å². The molecule has 0 unspecified atom stereocenters. The van der Waals surface area contributed by atoms with Crippen molar-refractivity contribution in [1.29, 1.82) is 5.41 Å². The van der Waals surface area contributed by atoms with Crippen molar-refractivity contribution in [2.24, 2.45) is 10.7 Å². The summed E-state index contributed by atoms with van der Waals surface area (Å²) in [6, 6.07) is 5.36. The van der Waals surface area contributed by atoms with Crippen molar-refractivity contribution >= 4 is 39.6 Å². The van der Waals surface area contributed by atoms with Gasteiger partial charge >= 0.3 is 6.03 Å². The number of nitrogens with zero attached hydrogens (tertiary/aromatic N) is 3. The Morgan fingerprint density at radius 2 is 2.08 bits per heavy atom. The van der Waals surface area contributed by atoms with Crippen LogP contribution in [-0.4, -0.2) is 42.5 Å². The quantitative estimate of drug-likeness (QED) is 0.517. The van der Waals surface area contributed by atoms with Gasteiger partial charge in [-0.25, -0.2) is 4.79 Å². The van der Waals surface area contributed by atoms with Gasteiger partial charge in [0.25, 0.3) is 0 Å². The van der Waals surface area contributed by atoms with E-state index in [0.717, 1.165) is 41.7 Å². The number of guanidine groups is 2. The smallest absolute Gasteiger partial charge is 0.328 e. The Bertz CT molecular complexity index is 669. The molecule has 0 atom stereocenters. The molecule has 0 aliphatic carbocycles. The first-order chi connectivity index (χ1) is 11.9. The number of likely N-dealkylation sites (tertiary alicyclic amines) is 1. The molecule has 0 radical (unpaired) electrons. The molecule has 1 heterocycles. The number of carbonyl (C=O) groups is 1. The van der Waals surface area contributed by atoms with Crippen LogP contribution in [0.4, 0.5) is 10.5 Å². The van der Waals surface area contributed by atoms with E-state index < -0.39 is 0 Å². The Hall–Kier alpha value is -2.09. The van der Waals surface area contributed by atoms with Crippen LogP contribution in [0.2, 0.25) is 0 Å². The van der Waals surface area contributed by atoms with Gasteiger partial charge in [-0.2, -0.15) is 4.99 Å². The molecular weight excluding hydrogens is 384 g/mol. The van der Waals surface area contributed by atoms with Gasteiger partial charge in [0.1, 0.15) is 0 Å². The molecule has 0 saturated carbocycles. The first-order valence-electron chi connectivity index (χ1n) is 8.44. The SMILES string of the molecule is CCN(C(=O)N/C(N)=N/C(=N)N1CCCCC1)c1ccc(Br)cc1C. The van der Waals surface area contributed by atoms with Gasteiger partial charge in [-0.15, -0.1) is 0 Å². The summed E-state index contributed by atoms with van der Waals surface area (Å²) in [6.07, 6.45) is 3.28. The number of hydrogen-bond acceptors (Lipinski definition) is 2. The van der Waals surface area contributed by atoms with Gasteiger partial charge in [0.15, 0.2) is 0 Å². The summed E-state index contributed by atoms with van der Waals surface area (Å²) in [5.41, 5.74) is 7.61. The summed E-state index contributed by atoms with van der Waals surface area (Å²) >= 11 is 3.42. The number of amides is 2. The highest BCUT2D eigenvalue weighted by Gasteiger charge is 2.18. The number of nitrogens with one attached hydrogen (secondary N) is 2. The third kappa shape index (κ3) is 5.19. The minimum absolute atomic E-state index is 0.0613. The largest absolute Gasteiger partial charge is 0.369 e. The second-order valence-electron chi connectivity index (χ2n) is 5.97. The van der Waals surface area contributed by atoms with E-state index in [-0.39, 0.29) is 18.0 Å². The van der Waals surface area contributed by atoms with Gasteiger partial charge < -0.3 is 10.6 Å². The molecule has 1 aromatic carbocycles. The third-order valence-electron chi connectivity index (χ3n) is 4.13. The number of benzene rings is 1. The molecule has 8 heteroatoms. The summed E-state index contributed by atoms with van der Waals surface area (Å²) in [6.45, 7) is 5.94. The maximum absolute atomic E-state index is 12.5. The van der Waals surface area contributed by atoms with Gasteiger partial charge in [0.2, 0.25) is 11.9 Å². The molecule has 25 heavy (non-hydrogen) atoms. The Balaban J connectivity index is 2.05. The third-order valence-corrected chi connectivity index (χ3v) is 4.62. The molecule has 1 aromatic rings. The van der Waals surface area contributed by atoms with E-state index >= 15 is 0 Å². The van der Waals surface area contributed by atoms with Crippen molar-refractivity contribution in [3.05, 3.63) is 28.2 Å². The van der Waals surface area contributed by atoms with E-state index in [4.69, 9.17) is 11.1 Å². The maximum Gasteiger partial charge on any atom is 0.328 e. The minimum Gasteiger partial charge on any atom is -0.369 e. The van der Waals surface area contributed by atoms with E-state index in [1.807, 2.05) is 36.9 Å². The standard InChI is InChI=1S/C17H25BrN6O/c1-3-24(14-8-7-13(18)11-12(14)2)17(25)22-15(19)21-16(20)23-9-5-4-6-10-23/h7-8,11H,3-6,9-10H2,1-2H3,(H4,19,20,21,22,25). The number of piperidine rings is 1. The fourth-order valence-electron chi connectivity index (χ4n) is 2.84. The number of anilines is 1. The van der Waals surface area contributed by atoms with Crippen molar-refractivity contribution in [3.8, 4) is 0 Å². The number of aliphatic imine (C=N–C) groups is 1. The Morgan fingerprint density at radius 1 is 1.40 bits per heavy atom. The lowest BCUT2D eigenvalue weighted by Crippen LogP contribution is -2.47. The number of carbonyl (C=O) groups excluding carboxylic acids is 1. The van der Waals surface area contributed by atoms with Gasteiger partial charge in [-0.3, -0.25) is 15.6 Å². The average molecular weight is 409 g/mol. The van der Waals surface area contributed by atoms with E-state index in [9.17, 15) is 4.79 Å². The monoisotopic (exact) mass is 408 g/mol. The van der Waals surface area contributed by atoms with Crippen LogP contribution in [0.3, 0.4) is 0 Å². The molecule has 0 bridgehead atoms. The van der Waals surface area contributed by atoms with E-state index in [1.54, 1.807) is 4.90 Å². The Kier molecular flexibility index (Phi) is 6.81. The fourth-order valence-corrected chi connectivity index (χ4v) is 3.32. The van der Waals surface area contributed by atoms with Crippen molar-refractivity contribution in [2.45, 2.75) is 33.1 Å². The molecule has 2 rings (SSSR count). The second-order valence-corrected chi connectivity index (χ2v) is 6.89. The van der Waals surface area contributed by atoms with Gasteiger partial charge in [-0.05, 0) is 56.9 Å². The average Bonchev–Trinajstić information content (AvgIpc) is 2.58. The summed E-state index contributed by atoms with van der Waals surface area (Å²) in [7, 11) is 0. The number of urea groups is 1. The zero-order valence-corrected chi connectivity index (χ0v) is 16.3. The van der Waals surface area contributed by atoms with Crippen LogP contribution in [0, 0.1) is 12.3 Å². The molecule has 4 N–H and O–H groups in total. The predicted molar refractivity (Wildman–Crippen MR) is 105 cm³/mol. The van der Waals surface area contributed by atoms with Crippen molar-refractivity contribution in [2.75, 3.05) is 24.5 Å². The summed E-state index contributed by atoms with van der Waals surface area (Å²) in [5, 5.41) is 10.6. The number of hydrogen-bond donors (Lipinski definition) is 3. The Labute approximate surface area is 156 Å². The number of nitrogens with two attached hydrogens (primary N) is 1. The molecule has 1 aliphatic rings. The molecule has 0 spiro atoms. The normalized spacial score (nSPS) is 15.0. The van der Waals surface area contributed by atoms with Crippen molar-refractivity contribution in [3.63, 3.8) is 0 Å². The number of halogens is 1. The van der Waals surface area contributed by atoms with E-state index in [1.165, 1.54) is 6.42 Å². The van der Waals surface area contributed by atoms with E-state index in [0.29, 0.717) is 6.54 Å². The zero-order chi connectivity index (χ0) is 18.4. The Morgan fingerprint density at radius 3 is 2.68 bits per heavy atom. The summed E-state index contributed by atoms with van der Waals surface area (Å²) < 4.78 is 0.960. The molecule has 2 amide bonds. The maximum atomic E-state index is 12.5. The van der Waals surface area contributed by atoms with Crippen LogP contribution in [0.5, 0.6) is 0 Å². The first-order valence-corrected chi connectivity index (χ1v) is 9.24. The first kappa shape index (κ1) is 19.2. The van der Waals surface area contributed by atoms with Gasteiger partial charge in [0, 0.05) is 29.8 Å². The van der Waals surface area contributed by atoms with Crippen LogP contribution in [-0.2, 0) is 0 Å². The molecule has 1 saturated heterocycles. The lowest BCUT2D eigenvalue weighted by molar-refractivity contribution is 0.250. The highest BCUT2D eigenvalue weighted by Crippen LogP contribution is 2.23. The summed E-state index contributed by atoms with van der Waals surface area (Å²) in [4.78, 5) is 20.0. The lowest BCUT2D eigenvalue weighted by Gasteiger charge is -2.27. The van der Waals surface area contributed by atoms with Crippen molar-refractivity contribution in [1.82, 2.24) is 10.2 Å². The van der Waals surface area contributed by atoms with Crippen LogP contribution < -0.4 is 16.0 Å². The zero-order valence-electron chi connectivity index (χ0n) is 14.7. The highest BCUT2D eigenvalue weighted by atomic mass is 79.9. The minimum atomic E-state index is -0.361. The van der Waals surface area contributed by atoms with Crippen LogP contribution in [0.15, 0.2) is 27.7 Å².